The van der Waals surface area contributed by atoms with Gasteiger partial charge in [0.2, 0.25) is 8.32 Å². The number of rotatable bonds is 8. The second kappa shape index (κ2) is 8.32. The molecule has 0 saturated carbocycles. The minimum Gasteiger partial charge on any atom is -0.497 e. The van der Waals surface area contributed by atoms with E-state index in [4.69, 9.17) is 13.6 Å². The van der Waals surface area contributed by atoms with Crippen LogP contribution in [0.4, 0.5) is 5.69 Å². The van der Waals surface area contributed by atoms with Gasteiger partial charge < -0.3 is 13.6 Å². The number of oxazole rings is 1. The number of carbonyl (C=O) groups excluding carboxylic acids is 1. The van der Waals surface area contributed by atoms with Crippen LogP contribution in [-0.2, 0) is 9.22 Å². The molecule has 158 valence electrons. The van der Waals surface area contributed by atoms with Crippen molar-refractivity contribution >= 4 is 19.9 Å². The number of nitrogens with zero attached hydrogens (tertiary/aromatic N) is 2. The topological polar surface area (TPSA) is 64.8 Å². The van der Waals surface area contributed by atoms with Crippen LogP contribution < -0.4 is 9.64 Å². The van der Waals surface area contributed by atoms with Crippen LogP contribution in [0, 0.1) is 0 Å². The van der Waals surface area contributed by atoms with E-state index in [0.29, 0.717) is 22.3 Å². The summed E-state index contributed by atoms with van der Waals surface area (Å²) >= 11 is 0. The van der Waals surface area contributed by atoms with Crippen molar-refractivity contribution in [1.29, 1.82) is 0 Å². The first-order chi connectivity index (χ1) is 13.7. The molecule has 1 amide bonds. The van der Waals surface area contributed by atoms with Crippen molar-refractivity contribution in [1.82, 2.24) is 4.98 Å². The number of hydrogen-bond acceptors (Lipinski definition) is 5. The van der Waals surface area contributed by atoms with E-state index in [1.807, 2.05) is 24.3 Å². The molecular weight excluding hydrogens is 384 g/mol. The third-order valence-corrected chi connectivity index (χ3v) is 12.3. The highest BCUT2D eigenvalue weighted by Gasteiger charge is 2.57. The van der Waals surface area contributed by atoms with Gasteiger partial charge in [0.15, 0.2) is 12.5 Å². The third-order valence-electron chi connectivity index (χ3n) is 6.19. The number of aromatic nitrogens is 1. The standard InChI is InChI=1S/C22H32N2O4Si/c1-14(2)29(15(3)4,16(5)6)28-21-20(19-12-27-13-23-19)24(22(21)25)17-8-10-18(26-7)11-9-17/h8-16,20-21H,1-7H3/t20-,21+/m1/s1. The summed E-state index contributed by atoms with van der Waals surface area (Å²) in [5.41, 5.74) is 2.69. The summed E-state index contributed by atoms with van der Waals surface area (Å²) in [7, 11) is -0.603. The van der Waals surface area contributed by atoms with Crippen LogP contribution in [0.1, 0.15) is 53.3 Å². The minimum absolute atomic E-state index is 0.0259. The third kappa shape index (κ3) is 3.62. The Morgan fingerprint density at radius 3 is 2.07 bits per heavy atom. The summed E-state index contributed by atoms with van der Waals surface area (Å²) in [6, 6.07) is 7.19. The lowest BCUT2D eigenvalue weighted by atomic mass is 9.94. The molecule has 29 heavy (non-hydrogen) atoms. The predicted molar refractivity (Wildman–Crippen MR) is 116 cm³/mol. The van der Waals surface area contributed by atoms with E-state index in [2.05, 4.69) is 46.5 Å². The summed E-state index contributed by atoms with van der Waals surface area (Å²) in [6.07, 6.45) is 2.47. The molecule has 1 saturated heterocycles. The van der Waals surface area contributed by atoms with Crippen LogP contribution in [0.25, 0.3) is 0 Å². The summed E-state index contributed by atoms with van der Waals surface area (Å²) in [5.74, 6) is 0.723. The lowest BCUT2D eigenvalue weighted by molar-refractivity contribution is -0.136. The first-order valence-corrected chi connectivity index (χ1v) is 12.4. The van der Waals surface area contributed by atoms with Gasteiger partial charge in [-0.1, -0.05) is 41.5 Å². The molecule has 2 aromatic rings. The van der Waals surface area contributed by atoms with Gasteiger partial charge in [0.25, 0.3) is 5.91 Å². The smallest absolute Gasteiger partial charge is 0.258 e. The predicted octanol–water partition coefficient (Wildman–Crippen LogP) is 5.33. The maximum atomic E-state index is 13.3. The van der Waals surface area contributed by atoms with E-state index in [0.717, 1.165) is 11.4 Å². The summed E-state index contributed by atoms with van der Waals surface area (Å²) in [4.78, 5) is 19.4. The van der Waals surface area contributed by atoms with Crippen molar-refractivity contribution in [3.63, 3.8) is 0 Å². The molecule has 1 aliphatic rings. The zero-order valence-electron chi connectivity index (χ0n) is 18.4. The Hall–Kier alpha value is -2.12. The van der Waals surface area contributed by atoms with Gasteiger partial charge in [-0.2, -0.15) is 0 Å². The lowest BCUT2D eigenvalue weighted by Gasteiger charge is -2.52. The molecule has 2 heterocycles. The second-order valence-electron chi connectivity index (χ2n) is 8.62. The van der Waals surface area contributed by atoms with Crippen molar-refractivity contribution in [3.8, 4) is 5.75 Å². The number of anilines is 1. The van der Waals surface area contributed by atoms with E-state index >= 15 is 0 Å². The average Bonchev–Trinajstić information content (AvgIpc) is 3.19. The molecule has 1 aromatic carbocycles. The van der Waals surface area contributed by atoms with Gasteiger partial charge >= 0.3 is 0 Å². The lowest BCUT2D eigenvalue weighted by Crippen LogP contribution is -2.65. The van der Waals surface area contributed by atoms with Gasteiger partial charge in [-0.25, -0.2) is 4.98 Å². The van der Waals surface area contributed by atoms with E-state index in [9.17, 15) is 4.79 Å². The van der Waals surface area contributed by atoms with Gasteiger partial charge in [-0.3, -0.25) is 9.69 Å². The van der Waals surface area contributed by atoms with Crippen LogP contribution in [0.2, 0.25) is 16.6 Å². The average molecular weight is 417 g/mol. The number of methoxy groups -OCH3 is 1. The largest absolute Gasteiger partial charge is 0.497 e. The number of benzene rings is 1. The molecule has 3 rings (SSSR count). The van der Waals surface area contributed by atoms with Crippen LogP contribution in [0.3, 0.4) is 0 Å². The molecule has 0 unspecified atom stereocenters. The Morgan fingerprint density at radius 1 is 1.03 bits per heavy atom. The van der Waals surface area contributed by atoms with Crippen molar-refractivity contribution in [2.75, 3.05) is 12.0 Å². The molecule has 0 bridgehead atoms. The zero-order valence-corrected chi connectivity index (χ0v) is 19.4. The molecule has 2 atom stereocenters. The highest BCUT2D eigenvalue weighted by atomic mass is 28.4. The van der Waals surface area contributed by atoms with Crippen LogP contribution in [0.15, 0.2) is 41.3 Å². The van der Waals surface area contributed by atoms with E-state index in [-0.39, 0.29) is 11.9 Å². The van der Waals surface area contributed by atoms with Crippen molar-refractivity contribution in [2.24, 2.45) is 0 Å². The summed E-state index contributed by atoms with van der Waals surface area (Å²) in [6.45, 7) is 13.3. The van der Waals surface area contributed by atoms with Crippen LogP contribution in [-0.4, -0.2) is 32.4 Å². The monoisotopic (exact) mass is 416 g/mol. The molecule has 0 spiro atoms. The Labute approximate surface area is 174 Å². The fourth-order valence-corrected chi connectivity index (χ4v) is 10.4. The summed E-state index contributed by atoms with van der Waals surface area (Å²) in [5, 5.41) is 0. The van der Waals surface area contributed by atoms with E-state index < -0.39 is 14.4 Å². The molecule has 1 aromatic heterocycles. The van der Waals surface area contributed by atoms with Gasteiger partial charge in [0, 0.05) is 5.69 Å². The molecule has 0 radical (unpaired) electrons. The van der Waals surface area contributed by atoms with E-state index in [1.165, 1.54) is 6.39 Å². The number of ether oxygens (including phenoxy) is 1. The normalized spacial score (nSPS) is 19.9. The van der Waals surface area contributed by atoms with Crippen molar-refractivity contribution < 1.29 is 18.4 Å². The fourth-order valence-electron chi connectivity index (χ4n) is 4.89. The molecule has 7 heteroatoms. The quantitative estimate of drug-likeness (QED) is 0.430. The highest BCUT2D eigenvalue weighted by molar-refractivity contribution is 6.77. The minimum atomic E-state index is -2.23. The first-order valence-electron chi connectivity index (χ1n) is 10.3. The number of hydrogen-bond donors (Lipinski definition) is 0. The number of β-lactam (4-membered cyclic amide) rings is 1. The molecule has 0 N–H and O–H groups in total. The van der Waals surface area contributed by atoms with Gasteiger partial charge in [-0.15, -0.1) is 0 Å². The van der Waals surface area contributed by atoms with Gasteiger partial charge in [0.1, 0.15) is 23.7 Å². The molecular formula is C22H32N2O4Si. The van der Waals surface area contributed by atoms with Crippen LogP contribution >= 0.6 is 0 Å². The van der Waals surface area contributed by atoms with Crippen LogP contribution in [0.5, 0.6) is 5.75 Å². The maximum Gasteiger partial charge on any atom is 0.258 e. The second-order valence-corrected chi connectivity index (χ2v) is 14.0. The first kappa shape index (κ1) is 21.6. The number of amides is 1. The number of carbonyl (C=O) groups is 1. The van der Waals surface area contributed by atoms with Crippen molar-refractivity contribution in [2.45, 2.75) is 70.3 Å². The fraction of sp³-hybridized carbons (Fsp3) is 0.545. The van der Waals surface area contributed by atoms with E-state index in [1.54, 1.807) is 18.3 Å². The molecule has 6 nitrogen and oxygen atoms in total. The zero-order chi connectivity index (χ0) is 21.3. The van der Waals surface area contributed by atoms with Gasteiger partial charge in [0.05, 0.1) is 7.11 Å². The SMILES string of the molecule is COc1ccc(N2C(=O)[C@@H](O[Si](C(C)C)(C(C)C)C(C)C)[C@H]2c2cocn2)cc1. The Balaban J connectivity index is 1.97. The highest BCUT2D eigenvalue weighted by Crippen LogP contribution is 2.48. The van der Waals surface area contributed by atoms with Gasteiger partial charge in [-0.05, 0) is 40.9 Å². The summed E-state index contributed by atoms with van der Waals surface area (Å²) < 4.78 is 17.3. The molecule has 0 aliphatic carbocycles. The maximum absolute atomic E-state index is 13.3. The Kier molecular flexibility index (Phi) is 6.19. The molecule has 1 aliphatic heterocycles. The Bertz CT molecular complexity index is 796. The Morgan fingerprint density at radius 2 is 1.62 bits per heavy atom. The molecule has 1 fully saturated rings. The van der Waals surface area contributed by atoms with Crippen molar-refractivity contribution in [3.05, 3.63) is 42.6 Å².